The van der Waals surface area contributed by atoms with Crippen molar-refractivity contribution in [2.24, 2.45) is 5.10 Å². The first-order valence-electron chi connectivity index (χ1n) is 9.67. The van der Waals surface area contributed by atoms with E-state index in [0.717, 1.165) is 11.5 Å². The van der Waals surface area contributed by atoms with E-state index >= 15 is 0 Å². The Hall–Kier alpha value is -3.59. The number of hydrogen-bond acceptors (Lipinski definition) is 7. The van der Waals surface area contributed by atoms with Crippen LogP contribution in [0.5, 0.6) is 5.75 Å². The molecule has 8 nitrogen and oxygen atoms in total. The van der Waals surface area contributed by atoms with Gasteiger partial charge in [0.2, 0.25) is 0 Å². The summed E-state index contributed by atoms with van der Waals surface area (Å²) in [6.07, 6.45) is 3.24. The zero-order valence-corrected chi connectivity index (χ0v) is 17.9. The smallest absolute Gasteiger partial charge is 0.253 e. The van der Waals surface area contributed by atoms with Crippen molar-refractivity contribution in [3.8, 4) is 5.75 Å². The number of aromatic nitrogens is 3. The number of para-hydroxylation sites is 1. The van der Waals surface area contributed by atoms with Gasteiger partial charge in [-0.25, -0.2) is 5.43 Å². The molecule has 0 bridgehead atoms. The summed E-state index contributed by atoms with van der Waals surface area (Å²) < 4.78 is 1.92. The van der Waals surface area contributed by atoms with E-state index in [2.05, 4.69) is 32.6 Å². The Morgan fingerprint density at radius 3 is 2.81 bits per heavy atom. The quantitative estimate of drug-likeness (QED) is 0.195. The lowest BCUT2D eigenvalue weighted by Gasteiger charge is -2.12. The number of carbonyl (C=O) groups excluding carboxylic acids is 1. The predicted octanol–water partition coefficient (Wildman–Crippen LogP) is 3.41. The molecule has 0 aliphatic carbocycles. The van der Waals surface area contributed by atoms with Crippen LogP contribution >= 0.6 is 11.8 Å². The second-order valence-electron chi connectivity index (χ2n) is 6.61. The Balaban J connectivity index is 1.60. The number of rotatable bonds is 10. The van der Waals surface area contributed by atoms with Crippen LogP contribution in [0.2, 0.25) is 0 Å². The lowest BCUT2D eigenvalue weighted by Crippen LogP contribution is -2.27. The standard InChI is InChI=1S/C22H24N6O2S/c1-3-12-28-20(15-23-18-9-5-4-6-10-18)25-27-22(28)31-16(2)21(30)26-24-14-17-8-7-11-19(29)13-17/h3-11,13-14,16,23,29H,1,12,15H2,2H3,(H,26,30)/b24-14-/t16-/m0/s1. The molecule has 31 heavy (non-hydrogen) atoms. The fraction of sp³-hybridized carbons (Fsp3) is 0.182. The van der Waals surface area contributed by atoms with E-state index in [0.29, 0.717) is 23.8 Å². The number of hydrogen-bond donors (Lipinski definition) is 3. The fourth-order valence-electron chi connectivity index (χ4n) is 2.66. The van der Waals surface area contributed by atoms with Gasteiger partial charge in [0.25, 0.3) is 5.91 Å². The number of phenols is 1. The summed E-state index contributed by atoms with van der Waals surface area (Å²) in [6, 6.07) is 16.4. The first-order chi connectivity index (χ1) is 15.1. The number of anilines is 1. The molecule has 0 aliphatic heterocycles. The molecule has 9 heteroatoms. The minimum absolute atomic E-state index is 0.137. The van der Waals surface area contributed by atoms with Gasteiger partial charge in [0.05, 0.1) is 18.0 Å². The largest absolute Gasteiger partial charge is 0.508 e. The summed E-state index contributed by atoms with van der Waals surface area (Å²) in [7, 11) is 0. The highest BCUT2D eigenvalue weighted by molar-refractivity contribution is 8.00. The summed E-state index contributed by atoms with van der Waals surface area (Å²) >= 11 is 1.30. The molecule has 3 N–H and O–H groups in total. The number of phenolic OH excluding ortho intramolecular Hbond substituents is 1. The van der Waals surface area contributed by atoms with Crippen LogP contribution in [0.15, 0.2) is 77.5 Å². The van der Waals surface area contributed by atoms with Crippen LogP contribution in [0.3, 0.4) is 0 Å². The van der Waals surface area contributed by atoms with Crippen molar-refractivity contribution in [1.29, 1.82) is 0 Å². The number of amides is 1. The van der Waals surface area contributed by atoms with Gasteiger partial charge < -0.3 is 15.0 Å². The van der Waals surface area contributed by atoms with Crippen molar-refractivity contribution >= 4 is 29.6 Å². The lowest BCUT2D eigenvalue weighted by atomic mass is 10.2. The van der Waals surface area contributed by atoms with Gasteiger partial charge in [-0.1, -0.05) is 48.2 Å². The molecule has 0 fully saturated rings. The Labute approximate surface area is 185 Å². The van der Waals surface area contributed by atoms with E-state index in [1.165, 1.54) is 18.0 Å². The minimum atomic E-state index is -0.441. The number of nitrogens with one attached hydrogen (secondary N) is 2. The van der Waals surface area contributed by atoms with Gasteiger partial charge in [-0.3, -0.25) is 4.79 Å². The Morgan fingerprint density at radius 2 is 2.06 bits per heavy atom. The Bertz CT molecular complexity index is 1050. The Morgan fingerprint density at radius 1 is 1.26 bits per heavy atom. The number of benzene rings is 2. The molecule has 3 rings (SSSR count). The van der Waals surface area contributed by atoms with Gasteiger partial charge in [0.1, 0.15) is 5.75 Å². The fourth-order valence-corrected chi connectivity index (χ4v) is 3.54. The third kappa shape index (κ3) is 6.45. The van der Waals surface area contributed by atoms with Crippen molar-refractivity contribution in [3.05, 3.63) is 78.6 Å². The van der Waals surface area contributed by atoms with Gasteiger partial charge >= 0.3 is 0 Å². The Kier molecular flexibility index (Phi) is 7.83. The molecule has 160 valence electrons. The normalized spacial score (nSPS) is 11.9. The van der Waals surface area contributed by atoms with E-state index < -0.39 is 5.25 Å². The molecule has 1 atom stereocenters. The predicted molar refractivity (Wildman–Crippen MR) is 123 cm³/mol. The average molecular weight is 437 g/mol. The van der Waals surface area contributed by atoms with Crippen LogP contribution in [0.4, 0.5) is 5.69 Å². The van der Waals surface area contributed by atoms with E-state index in [4.69, 9.17) is 0 Å². The summed E-state index contributed by atoms with van der Waals surface area (Å²) in [4.78, 5) is 12.4. The van der Waals surface area contributed by atoms with Crippen molar-refractivity contribution in [3.63, 3.8) is 0 Å². The topological polar surface area (TPSA) is 104 Å². The average Bonchev–Trinajstić information content (AvgIpc) is 3.14. The molecular weight excluding hydrogens is 412 g/mol. The monoisotopic (exact) mass is 436 g/mol. The molecular formula is C22H24N6O2S. The molecule has 1 aromatic heterocycles. The number of hydrazone groups is 1. The molecule has 0 unspecified atom stereocenters. The molecule has 0 aliphatic rings. The van der Waals surface area contributed by atoms with Crippen LogP contribution in [0.25, 0.3) is 0 Å². The van der Waals surface area contributed by atoms with Gasteiger partial charge in [-0.15, -0.1) is 16.8 Å². The first-order valence-corrected chi connectivity index (χ1v) is 10.6. The van der Waals surface area contributed by atoms with Crippen molar-refractivity contribution in [1.82, 2.24) is 20.2 Å². The van der Waals surface area contributed by atoms with E-state index in [1.54, 1.807) is 37.3 Å². The molecule has 0 spiro atoms. The molecule has 3 aromatic rings. The van der Waals surface area contributed by atoms with Crippen molar-refractivity contribution < 1.29 is 9.90 Å². The number of aromatic hydroxyl groups is 1. The van der Waals surface area contributed by atoms with Crippen molar-refractivity contribution in [2.45, 2.75) is 30.4 Å². The molecule has 1 amide bonds. The SMILES string of the molecule is C=CCn1c(CNc2ccccc2)nnc1S[C@@H](C)C(=O)N/N=C\c1cccc(O)c1. The second-order valence-corrected chi connectivity index (χ2v) is 7.91. The summed E-state index contributed by atoms with van der Waals surface area (Å²) in [5.74, 6) is 0.623. The maximum Gasteiger partial charge on any atom is 0.253 e. The molecule has 0 saturated carbocycles. The van der Waals surface area contributed by atoms with Crippen LogP contribution in [-0.2, 0) is 17.9 Å². The molecule has 1 heterocycles. The number of nitrogens with zero attached hydrogens (tertiary/aromatic N) is 4. The summed E-state index contributed by atoms with van der Waals surface area (Å²) in [5.41, 5.74) is 4.18. The van der Waals surface area contributed by atoms with E-state index in [9.17, 15) is 9.90 Å². The maximum absolute atomic E-state index is 12.4. The van der Waals surface area contributed by atoms with Gasteiger partial charge in [0, 0.05) is 12.2 Å². The third-order valence-corrected chi connectivity index (χ3v) is 5.32. The summed E-state index contributed by atoms with van der Waals surface area (Å²) in [5, 5.41) is 25.4. The van der Waals surface area contributed by atoms with Gasteiger partial charge in [-0.2, -0.15) is 5.10 Å². The van der Waals surface area contributed by atoms with Crippen LogP contribution in [-0.4, -0.2) is 37.2 Å². The van der Waals surface area contributed by atoms with Crippen LogP contribution in [0, 0.1) is 0 Å². The molecule has 2 aromatic carbocycles. The highest BCUT2D eigenvalue weighted by Gasteiger charge is 2.19. The zero-order chi connectivity index (χ0) is 22.1. The zero-order valence-electron chi connectivity index (χ0n) is 17.1. The van der Waals surface area contributed by atoms with Crippen LogP contribution in [0.1, 0.15) is 18.3 Å². The number of carbonyl (C=O) groups is 1. The van der Waals surface area contributed by atoms with Gasteiger partial charge in [-0.05, 0) is 36.8 Å². The van der Waals surface area contributed by atoms with E-state index in [1.807, 2.05) is 34.9 Å². The maximum atomic E-state index is 12.4. The highest BCUT2D eigenvalue weighted by Crippen LogP contribution is 2.23. The minimum Gasteiger partial charge on any atom is -0.508 e. The second kappa shape index (κ2) is 11.0. The van der Waals surface area contributed by atoms with Gasteiger partial charge in [0.15, 0.2) is 11.0 Å². The lowest BCUT2D eigenvalue weighted by molar-refractivity contribution is -0.120. The number of thioether (sulfide) groups is 1. The van der Waals surface area contributed by atoms with Crippen molar-refractivity contribution in [2.75, 3.05) is 5.32 Å². The van der Waals surface area contributed by atoms with E-state index in [-0.39, 0.29) is 11.7 Å². The highest BCUT2D eigenvalue weighted by atomic mass is 32.2. The third-order valence-electron chi connectivity index (χ3n) is 4.24. The van der Waals surface area contributed by atoms with Crippen LogP contribution < -0.4 is 10.7 Å². The summed E-state index contributed by atoms with van der Waals surface area (Å²) in [6.45, 7) is 6.61. The molecule has 0 radical (unpaired) electrons. The number of allylic oxidation sites excluding steroid dienone is 1. The molecule has 0 saturated heterocycles. The first kappa shape index (κ1) is 22.1.